The molecule has 0 saturated heterocycles. The quantitative estimate of drug-likeness (QED) is 0.0731. The number of rotatable bonds is 18. The predicted molar refractivity (Wildman–Crippen MR) is 238 cm³/mol. The van der Waals surface area contributed by atoms with Gasteiger partial charge in [0.05, 0.1) is 20.1 Å². The van der Waals surface area contributed by atoms with Crippen LogP contribution < -0.4 is 10.6 Å². The number of aliphatic carboxylic acids is 2. The second kappa shape index (κ2) is 19.3. The minimum absolute atomic E-state index is 0.0232. The van der Waals surface area contributed by atoms with Crippen molar-refractivity contribution in [2.75, 3.05) is 13.1 Å². The molecule has 2 amide bonds. The highest BCUT2D eigenvalue weighted by Crippen LogP contribution is 2.59. The monoisotopic (exact) mass is 896 g/mol. The minimum atomic E-state index is -0.906. The van der Waals surface area contributed by atoms with Crippen molar-refractivity contribution in [3.8, 4) is 22.3 Å². The van der Waals surface area contributed by atoms with Gasteiger partial charge in [0.1, 0.15) is 0 Å². The largest absolute Gasteiger partial charge is 0.481 e. The molecule has 4 N–H and O–H groups in total. The van der Waals surface area contributed by atoms with E-state index in [1.807, 2.05) is 36.4 Å². The Balaban J connectivity index is 1.41. The maximum absolute atomic E-state index is 13.3. The van der Waals surface area contributed by atoms with E-state index in [1.54, 1.807) is 0 Å². The molecule has 0 radical (unpaired) electrons. The van der Waals surface area contributed by atoms with Crippen molar-refractivity contribution in [3.63, 3.8) is 0 Å². The average molecular weight is 899 g/mol. The Bertz CT molecular complexity index is 2120. The highest BCUT2D eigenvalue weighted by molar-refractivity contribution is 7.99. The molecule has 13 heteroatoms. The molecule has 6 rings (SSSR count). The fourth-order valence-corrected chi connectivity index (χ4v) is 10.3. The van der Waals surface area contributed by atoms with Crippen LogP contribution in [0.5, 0.6) is 0 Å². The van der Waals surface area contributed by atoms with Crippen molar-refractivity contribution in [1.29, 1.82) is 0 Å². The van der Waals surface area contributed by atoms with Crippen LogP contribution in [0.4, 0.5) is 0 Å². The van der Waals surface area contributed by atoms with E-state index in [-0.39, 0.29) is 73.3 Å². The second-order valence-corrected chi connectivity index (χ2v) is 18.6. The normalized spacial score (nSPS) is 18.2. The third-order valence-electron chi connectivity index (χ3n) is 11.1. The Hall–Kier alpha value is -3.73. The molecule has 0 spiro atoms. The van der Waals surface area contributed by atoms with Gasteiger partial charge in [-0.25, -0.2) is 0 Å². The highest BCUT2D eigenvalue weighted by Gasteiger charge is 2.48. The van der Waals surface area contributed by atoms with Crippen molar-refractivity contribution in [2.45, 2.75) is 99.7 Å². The molecule has 0 aromatic heterocycles. The van der Waals surface area contributed by atoms with Gasteiger partial charge in [0, 0.05) is 47.6 Å². The average Bonchev–Trinajstić information content (AvgIpc) is 4.14. The number of amides is 2. The number of hydrogen-bond acceptors (Lipinski definition) is 5. The van der Waals surface area contributed by atoms with Gasteiger partial charge >= 0.3 is 11.9 Å². The fourth-order valence-electron chi connectivity index (χ4n) is 7.94. The Kier molecular flexibility index (Phi) is 14.7. The molecule has 0 bridgehead atoms. The van der Waals surface area contributed by atoms with E-state index >= 15 is 0 Å². The van der Waals surface area contributed by atoms with Crippen LogP contribution in [0.3, 0.4) is 0 Å². The number of benzene rings is 4. The third-order valence-corrected chi connectivity index (χ3v) is 14.2. The number of hydrogen-bond donors (Lipinski definition) is 4. The molecule has 2 aliphatic carbocycles. The van der Waals surface area contributed by atoms with Gasteiger partial charge in [-0.3, -0.25) is 19.2 Å². The number of carboxylic acid groups (broad SMARTS) is 2. The molecule has 2 aliphatic rings. The van der Waals surface area contributed by atoms with E-state index in [0.29, 0.717) is 55.6 Å². The minimum Gasteiger partial charge on any atom is -0.481 e. The van der Waals surface area contributed by atoms with Crippen LogP contribution in [0.2, 0.25) is 20.1 Å². The molecule has 4 aromatic rings. The lowest BCUT2D eigenvalue weighted by molar-refractivity contribution is -0.138. The molecular weight excluding hydrogens is 850 g/mol. The number of nitrogens with one attached hydrogen (secondary N) is 2. The van der Waals surface area contributed by atoms with Gasteiger partial charge in [-0.15, -0.1) is 0 Å². The summed E-state index contributed by atoms with van der Waals surface area (Å²) in [5.74, 6) is -2.78. The van der Waals surface area contributed by atoms with Gasteiger partial charge in [0.25, 0.3) is 0 Å². The van der Waals surface area contributed by atoms with Gasteiger partial charge in [0.2, 0.25) is 11.8 Å². The number of carbonyl (C=O) groups excluding carboxylic acids is 2. The van der Waals surface area contributed by atoms with Crippen LogP contribution in [-0.2, 0) is 19.2 Å². The Labute approximate surface area is 369 Å². The Morgan fingerprint density at radius 2 is 0.983 bits per heavy atom. The highest BCUT2D eigenvalue weighted by atomic mass is 35.5. The molecular formula is C46H48Cl4N2O6S. The number of carboxylic acids is 2. The zero-order chi connectivity index (χ0) is 42.7. The molecule has 0 aliphatic heterocycles. The number of carbonyl (C=O) groups is 4. The summed E-state index contributed by atoms with van der Waals surface area (Å²) in [6.45, 7) is 9.06. The molecule has 0 heterocycles. The summed E-state index contributed by atoms with van der Waals surface area (Å²) in [5, 5.41) is 25.2. The van der Waals surface area contributed by atoms with Gasteiger partial charge in [-0.05, 0) is 106 Å². The maximum atomic E-state index is 13.3. The van der Waals surface area contributed by atoms with Gasteiger partial charge in [-0.1, -0.05) is 134 Å². The van der Waals surface area contributed by atoms with E-state index in [2.05, 4.69) is 62.6 Å². The SMILES string of the molecule is CC(C)c1ccccc1-c1cc(Sc2cc(-c3ccccc3C(C)C)c([C@@H]3C[C@H]3C(=O)NCCCC(=O)O)c(Cl)c2Cl)c(Cl)c(Cl)c1[C@@H]1C[C@H]1C(=O)NCCCC(=O)O. The lowest BCUT2D eigenvalue weighted by atomic mass is 9.88. The van der Waals surface area contributed by atoms with Crippen LogP contribution in [0.15, 0.2) is 70.5 Å². The van der Waals surface area contributed by atoms with Gasteiger partial charge in [0.15, 0.2) is 0 Å². The number of halogens is 4. The predicted octanol–water partition coefficient (Wildman–Crippen LogP) is 12.2. The molecule has 2 saturated carbocycles. The first-order valence-corrected chi connectivity index (χ1v) is 22.3. The van der Waals surface area contributed by atoms with Crippen molar-refractivity contribution in [3.05, 3.63) is 103 Å². The molecule has 0 unspecified atom stereocenters. The maximum Gasteiger partial charge on any atom is 0.303 e. The smallest absolute Gasteiger partial charge is 0.303 e. The van der Waals surface area contributed by atoms with Crippen molar-refractivity contribution < 1.29 is 29.4 Å². The zero-order valence-electron chi connectivity index (χ0n) is 33.3. The summed E-state index contributed by atoms with van der Waals surface area (Å²) >= 11 is 30.3. The summed E-state index contributed by atoms with van der Waals surface area (Å²) in [6.07, 6.45) is 1.79. The van der Waals surface area contributed by atoms with E-state index in [9.17, 15) is 19.2 Å². The molecule has 2 fully saturated rings. The Morgan fingerprint density at radius 3 is 1.34 bits per heavy atom. The first-order valence-electron chi connectivity index (χ1n) is 20.0. The summed E-state index contributed by atoms with van der Waals surface area (Å²) < 4.78 is 0. The fraction of sp³-hybridized carbons (Fsp3) is 0.391. The Morgan fingerprint density at radius 1 is 0.610 bits per heavy atom. The molecule has 4 atom stereocenters. The third kappa shape index (κ3) is 10.3. The van der Waals surface area contributed by atoms with Crippen LogP contribution in [-0.4, -0.2) is 47.1 Å². The standard InChI is InChI=1S/C46H48Cl4N2O6S/c1-23(2)25-11-5-7-13-27(25)31-21-35(41(47)43(49)39(31)29-19-33(29)45(57)51-17-9-15-37(53)54)59-36-22-32(28-14-8-6-12-26(28)24(3)4)40(44(50)42(36)48)30-20-34(30)46(58)52-18-10-16-38(55)56/h5-8,11-14,21-24,29-30,33-34H,9-10,15-20H2,1-4H3,(H,51,57)(H,52,58)(H,53,54)(H,55,56)/t29-,30-,33-,34-/m1/s1. The summed E-state index contributed by atoms with van der Waals surface area (Å²) in [4.78, 5) is 49.8. The van der Waals surface area contributed by atoms with Gasteiger partial charge in [-0.2, -0.15) is 0 Å². The van der Waals surface area contributed by atoms with Crippen molar-refractivity contribution in [1.82, 2.24) is 10.6 Å². The lowest BCUT2D eigenvalue weighted by Crippen LogP contribution is -2.26. The molecule has 8 nitrogen and oxygen atoms in total. The lowest BCUT2D eigenvalue weighted by Gasteiger charge is -2.22. The van der Waals surface area contributed by atoms with Crippen molar-refractivity contribution >= 4 is 81.9 Å². The van der Waals surface area contributed by atoms with Crippen molar-refractivity contribution in [2.24, 2.45) is 11.8 Å². The zero-order valence-corrected chi connectivity index (χ0v) is 37.2. The second-order valence-electron chi connectivity index (χ2n) is 16.0. The summed E-state index contributed by atoms with van der Waals surface area (Å²) in [5.41, 5.74) is 7.53. The first kappa shape index (κ1) is 44.8. The summed E-state index contributed by atoms with van der Waals surface area (Å²) in [6, 6.07) is 20.3. The topological polar surface area (TPSA) is 133 Å². The van der Waals surface area contributed by atoms with Crippen LogP contribution in [0.25, 0.3) is 22.3 Å². The van der Waals surface area contributed by atoms with E-state index in [0.717, 1.165) is 44.5 Å². The molecule has 312 valence electrons. The van der Waals surface area contributed by atoms with Gasteiger partial charge < -0.3 is 20.8 Å². The van der Waals surface area contributed by atoms with E-state index in [4.69, 9.17) is 56.6 Å². The van der Waals surface area contributed by atoms with E-state index < -0.39 is 11.9 Å². The molecule has 59 heavy (non-hydrogen) atoms. The van der Waals surface area contributed by atoms with Crippen LogP contribution in [0, 0.1) is 11.8 Å². The van der Waals surface area contributed by atoms with Crippen LogP contribution >= 0.6 is 58.2 Å². The summed E-state index contributed by atoms with van der Waals surface area (Å²) in [7, 11) is 0. The first-order chi connectivity index (χ1) is 28.1. The van der Waals surface area contributed by atoms with Crippen LogP contribution in [0.1, 0.15) is 112 Å². The molecule has 4 aromatic carbocycles. The van der Waals surface area contributed by atoms with E-state index in [1.165, 1.54) is 11.8 Å².